The summed E-state index contributed by atoms with van der Waals surface area (Å²) in [6.07, 6.45) is 0. The fourth-order valence-electron chi connectivity index (χ4n) is 2.35. The molecule has 8 heteroatoms. The summed E-state index contributed by atoms with van der Waals surface area (Å²) in [5.41, 5.74) is 0.801. The highest BCUT2D eigenvalue weighted by atomic mass is 35.5. The topological polar surface area (TPSA) is 84.1 Å². The lowest BCUT2D eigenvalue weighted by atomic mass is 10.1. The van der Waals surface area contributed by atoms with Gasteiger partial charge in [-0.25, -0.2) is 0 Å². The number of nitrogens with zero attached hydrogens (tertiary/aromatic N) is 2. The third-order valence-electron chi connectivity index (χ3n) is 3.53. The van der Waals surface area contributed by atoms with Crippen molar-refractivity contribution in [1.29, 1.82) is 5.26 Å². The molecular formula is C17H15Cl2N3O3. The van der Waals surface area contributed by atoms with Gasteiger partial charge in [-0.05, 0) is 25.1 Å². The lowest BCUT2D eigenvalue weighted by molar-refractivity contribution is -0.116. The van der Waals surface area contributed by atoms with E-state index in [9.17, 15) is 14.9 Å². The quantitative estimate of drug-likeness (QED) is 0.864. The zero-order valence-electron chi connectivity index (χ0n) is 13.6. The number of ether oxygens (including phenoxy) is 1. The van der Waals surface area contributed by atoms with Crippen LogP contribution in [0.2, 0.25) is 10.0 Å². The Hall–Kier alpha value is -2.33. The van der Waals surface area contributed by atoms with Gasteiger partial charge in [-0.1, -0.05) is 29.3 Å². The van der Waals surface area contributed by atoms with Crippen LogP contribution in [0.15, 0.2) is 29.1 Å². The summed E-state index contributed by atoms with van der Waals surface area (Å²) in [4.78, 5) is 24.8. The predicted octanol–water partition coefficient (Wildman–Crippen LogP) is 3.12. The average molecular weight is 380 g/mol. The van der Waals surface area contributed by atoms with E-state index in [-0.39, 0.29) is 23.7 Å². The Kier molecular flexibility index (Phi) is 6.21. The number of benzene rings is 1. The maximum Gasteiger partial charge on any atom is 0.269 e. The number of rotatable bonds is 5. The molecule has 2 aromatic rings. The molecule has 1 amide bonds. The van der Waals surface area contributed by atoms with Crippen molar-refractivity contribution in [3.05, 3.63) is 61.5 Å². The van der Waals surface area contributed by atoms with Gasteiger partial charge in [-0.15, -0.1) is 0 Å². The number of aryl methyl sites for hydroxylation is 1. The van der Waals surface area contributed by atoms with Gasteiger partial charge >= 0.3 is 0 Å². The SMILES string of the molecule is COCc1cc(C)n(CC(=O)Nc2cccc(Cl)c2Cl)c(=O)c1C#N. The number of carbonyl (C=O) groups is 1. The molecule has 0 spiro atoms. The van der Waals surface area contributed by atoms with Crippen LogP contribution in [0.3, 0.4) is 0 Å². The van der Waals surface area contributed by atoms with Crippen molar-refractivity contribution in [2.75, 3.05) is 12.4 Å². The average Bonchev–Trinajstić information content (AvgIpc) is 2.56. The van der Waals surface area contributed by atoms with Crippen LogP contribution in [0.25, 0.3) is 0 Å². The third kappa shape index (κ3) is 4.20. The minimum atomic E-state index is -0.540. The first kappa shape index (κ1) is 19.0. The van der Waals surface area contributed by atoms with Crippen LogP contribution in [0.4, 0.5) is 5.69 Å². The van der Waals surface area contributed by atoms with Crippen LogP contribution in [-0.4, -0.2) is 17.6 Å². The van der Waals surface area contributed by atoms with Crippen molar-refractivity contribution in [3.63, 3.8) is 0 Å². The Morgan fingerprint density at radius 2 is 2.12 bits per heavy atom. The van der Waals surface area contributed by atoms with Gasteiger partial charge in [0.1, 0.15) is 18.2 Å². The van der Waals surface area contributed by atoms with Crippen molar-refractivity contribution in [2.45, 2.75) is 20.1 Å². The Morgan fingerprint density at radius 3 is 2.76 bits per heavy atom. The summed E-state index contributed by atoms with van der Waals surface area (Å²) < 4.78 is 6.23. The van der Waals surface area contributed by atoms with Crippen LogP contribution in [0, 0.1) is 18.3 Å². The maximum atomic E-state index is 12.5. The largest absolute Gasteiger partial charge is 0.380 e. The minimum absolute atomic E-state index is 0.0407. The highest BCUT2D eigenvalue weighted by Gasteiger charge is 2.16. The van der Waals surface area contributed by atoms with Crippen molar-refractivity contribution in [2.24, 2.45) is 0 Å². The minimum Gasteiger partial charge on any atom is -0.380 e. The number of nitriles is 1. The van der Waals surface area contributed by atoms with E-state index in [1.807, 2.05) is 6.07 Å². The molecule has 2 rings (SSSR count). The van der Waals surface area contributed by atoms with E-state index >= 15 is 0 Å². The first-order chi connectivity index (χ1) is 11.9. The number of aromatic nitrogens is 1. The van der Waals surface area contributed by atoms with Gasteiger partial charge in [0.05, 0.1) is 22.3 Å². The summed E-state index contributed by atoms with van der Waals surface area (Å²) in [6.45, 7) is 1.57. The van der Waals surface area contributed by atoms with Gasteiger partial charge in [-0.3, -0.25) is 9.59 Å². The molecule has 0 aliphatic heterocycles. The monoisotopic (exact) mass is 379 g/mol. The molecule has 130 valence electrons. The molecule has 0 radical (unpaired) electrons. The smallest absolute Gasteiger partial charge is 0.269 e. The van der Waals surface area contributed by atoms with E-state index in [2.05, 4.69) is 5.32 Å². The fraction of sp³-hybridized carbons (Fsp3) is 0.235. The van der Waals surface area contributed by atoms with Gasteiger partial charge in [0.2, 0.25) is 5.91 Å². The number of amides is 1. The zero-order chi connectivity index (χ0) is 18.6. The molecule has 0 saturated carbocycles. The molecule has 1 heterocycles. The molecule has 1 N–H and O–H groups in total. The Labute approximate surface area is 154 Å². The maximum absolute atomic E-state index is 12.5. The van der Waals surface area contributed by atoms with Gasteiger partial charge in [0.15, 0.2) is 0 Å². The molecule has 0 bridgehead atoms. The number of anilines is 1. The van der Waals surface area contributed by atoms with E-state index in [4.69, 9.17) is 27.9 Å². The Balaban J connectivity index is 2.31. The van der Waals surface area contributed by atoms with Crippen molar-refractivity contribution in [1.82, 2.24) is 4.57 Å². The molecule has 0 fully saturated rings. The van der Waals surface area contributed by atoms with Crippen LogP contribution >= 0.6 is 23.2 Å². The standard InChI is InChI=1S/C17H15Cl2N3O3/c1-10-6-11(9-25-2)12(7-20)17(24)22(10)8-15(23)21-14-5-3-4-13(18)16(14)19/h3-6H,8-9H2,1-2H3,(H,21,23). The van der Waals surface area contributed by atoms with E-state index in [1.165, 1.54) is 11.7 Å². The number of nitrogens with one attached hydrogen (secondary N) is 1. The number of carbonyl (C=O) groups excluding carboxylic acids is 1. The second-order valence-corrected chi connectivity index (χ2v) is 6.06. The molecular weight excluding hydrogens is 365 g/mol. The summed E-state index contributed by atoms with van der Waals surface area (Å²) in [5, 5.41) is 12.4. The van der Waals surface area contributed by atoms with Crippen LogP contribution in [0.1, 0.15) is 16.8 Å². The summed E-state index contributed by atoms with van der Waals surface area (Å²) in [6, 6.07) is 8.38. The molecule has 0 aliphatic carbocycles. The van der Waals surface area contributed by atoms with Crippen LogP contribution in [-0.2, 0) is 22.7 Å². The highest BCUT2D eigenvalue weighted by molar-refractivity contribution is 6.43. The van der Waals surface area contributed by atoms with Gasteiger partial charge < -0.3 is 14.6 Å². The predicted molar refractivity (Wildman–Crippen MR) is 96.0 cm³/mol. The van der Waals surface area contributed by atoms with Crippen molar-refractivity contribution < 1.29 is 9.53 Å². The summed E-state index contributed by atoms with van der Waals surface area (Å²) in [7, 11) is 1.48. The molecule has 0 aliphatic rings. The number of methoxy groups -OCH3 is 1. The third-order valence-corrected chi connectivity index (χ3v) is 4.35. The lowest BCUT2D eigenvalue weighted by Gasteiger charge is -2.14. The second kappa shape index (κ2) is 8.17. The number of hydrogen-bond donors (Lipinski definition) is 1. The van der Waals surface area contributed by atoms with Gasteiger partial charge in [0.25, 0.3) is 5.56 Å². The van der Waals surface area contributed by atoms with E-state index in [1.54, 1.807) is 31.2 Å². The molecule has 1 aromatic carbocycles. The molecule has 25 heavy (non-hydrogen) atoms. The molecule has 0 saturated heterocycles. The van der Waals surface area contributed by atoms with E-state index < -0.39 is 11.5 Å². The molecule has 1 aromatic heterocycles. The number of hydrogen-bond acceptors (Lipinski definition) is 4. The lowest BCUT2D eigenvalue weighted by Crippen LogP contribution is -2.31. The van der Waals surface area contributed by atoms with Gasteiger partial charge in [-0.2, -0.15) is 5.26 Å². The van der Waals surface area contributed by atoms with Crippen LogP contribution in [0.5, 0.6) is 0 Å². The second-order valence-electron chi connectivity index (χ2n) is 5.27. The summed E-state index contributed by atoms with van der Waals surface area (Å²) in [5.74, 6) is -0.460. The van der Waals surface area contributed by atoms with E-state index in [0.29, 0.717) is 22.0 Å². The first-order valence-corrected chi connectivity index (χ1v) is 8.00. The normalized spacial score (nSPS) is 10.4. The molecule has 6 nitrogen and oxygen atoms in total. The van der Waals surface area contributed by atoms with Crippen molar-refractivity contribution in [3.8, 4) is 6.07 Å². The Morgan fingerprint density at radius 1 is 1.40 bits per heavy atom. The number of pyridine rings is 1. The van der Waals surface area contributed by atoms with E-state index in [0.717, 1.165) is 0 Å². The first-order valence-electron chi connectivity index (χ1n) is 7.25. The molecule has 0 atom stereocenters. The Bertz CT molecular complexity index is 917. The highest BCUT2D eigenvalue weighted by Crippen LogP contribution is 2.29. The van der Waals surface area contributed by atoms with Crippen LogP contribution < -0.4 is 10.9 Å². The summed E-state index contributed by atoms with van der Waals surface area (Å²) >= 11 is 11.9. The van der Waals surface area contributed by atoms with Crippen molar-refractivity contribution >= 4 is 34.8 Å². The van der Waals surface area contributed by atoms with Gasteiger partial charge in [0, 0.05) is 18.4 Å². The number of halogens is 2. The fourth-order valence-corrected chi connectivity index (χ4v) is 2.70. The molecule has 0 unspecified atom stereocenters. The zero-order valence-corrected chi connectivity index (χ0v) is 15.1.